The topological polar surface area (TPSA) is 20.2 Å². The molecule has 84 valence electrons. The Morgan fingerprint density at radius 3 is 2.40 bits per heavy atom. The highest BCUT2D eigenvalue weighted by Crippen LogP contribution is 2.22. The van der Waals surface area contributed by atoms with Gasteiger partial charge in [0.05, 0.1) is 6.10 Å². The van der Waals surface area contributed by atoms with Crippen molar-refractivity contribution in [2.45, 2.75) is 31.3 Å². The molecule has 0 aliphatic heterocycles. The van der Waals surface area contributed by atoms with E-state index in [1.807, 2.05) is 24.3 Å². The molecule has 0 bridgehead atoms. The largest absolute Gasteiger partial charge is 0.392 e. The van der Waals surface area contributed by atoms with Crippen LogP contribution in [0.25, 0.3) is 0 Å². The highest BCUT2D eigenvalue weighted by molar-refractivity contribution is 7.99. The summed E-state index contributed by atoms with van der Waals surface area (Å²) in [5.74, 6) is 1.30. The summed E-state index contributed by atoms with van der Waals surface area (Å²) >= 11 is 7.46. The Morgan fingerprint density at radius 2 is 1.87 bits per heavy atom. The molecule has 1 aromatic carbocycles. The molecule has 0 saturated carbocycles. The Labute approximate surface area is 101 Å². The lowest BCUT2D eigenvalue weighted by Gasteiger charge is -2.12. The fourth-order valence-electron chi connectivity index (χ4n) is 1.34. The smallest absolute Gasteiger partial charge is 0.0636 e. The molecule has 1 rings (SSSR count). The zero-order chi connectivity index (χ0) is 11.3. The van der Waals surface area contributed by atoms with Crippen molar-refractivity contribution in [2.24, 2.45) is 5.92 Å². The normalized spacial score (nSPS) is 13.1. The number of benzene rings is 1. The standard InChI is InChI=1S/C12H17ClOS/c1-9(2)7-11(14)8-15-12-5-3-10(13)4-6-12/h3-6,9,11,14H,7-8H2,1-2H3. The van der Waals surface area contributed by atoms with Crippen molar-refractivity contribution >= 4 is 23.4 Å². The van der Waals surface area contributed by atoms with E-state index in [2.05, 4.69) is 13.8 Å². The van der Waals surface area contributed by atoms with E-state index in [4.69, 9.17) is 11.6 Å². The predicted molar refractivity (Wildman–Crippen MR) is 67.6 cm³/mol. The lowest BCUT2D eigenvalue weighted by Crippen LogP contribution is -2.12. The number of hydrogen-bond acceptors (Lipinski definition) is 2. The van der Waals surface area contributed by atoms with E-state index in [1.165, 1.54) is 0 Å². The average Bonchev–Trinajstić information content (AvgIpc) is 2.16. The van der Waals surface area contributed by atoms with E-state index in [1.54, 1.807) is 11.8 Å². The van der Waals surface area contributed by atoms with Crippen LogP contribution in [0.1, 0.15) is 20.3 Å². The first-order chi connectivity index (χ1) is 7.08. The molecule has 0 aliphatic carbocycles. The molecule has 15 heavy (non-hydrogen) atoms. The van der Waals surface area contributed by atoms with Crippen molar-refractivity contribution < 1.29 is 5.11 Å². The third-order valence-electron chi connectivity index (χ3n) is 2.00. The van der Waals surface area contributed by atoms with Crippen molar-refractivity contribution in [3.63, 3.8) is 0 Å². The van der Waals surface area contributed by atoms with Crippen molar-refractivity contribution in [1.29, 1.82) is 0 Å². The zero-order valence-electron chi connectivity index (χ0n) is 9.11. The summed E-state index contributed by atoms with van der Waals surface area (Å²) in [6, 6.07) is 7.71. The van der Waals surface area contributed by atoms with Gasteiger partial charge in [-0.1, -0.05) is 25.4 Å². The fraction of sp³-hybridized carbons (Fsp3) is 0.500. The molecule has 1 nitrogen and oxygen atoms in total. The third kappa shape index (κ3) is 5.45. The van der Waals surface area contributed by atoms with Crippen LogP contribution in [0.2, 0.25) is 5.02 Å². The molecule has 0 radical (unpaired) electrons. The molecule has 0 saturated heterocycles. The molecule has 1 unspecified atom stereocenters. The first-order valence-corrected chi connectivity index (χ1v) is 6.50. The molecule has 0 amide bonds. The molecule has 1 aromatic rings. The van der Waals surface area contributed by atoms with Gasteiger partial charge in [0.15, 0.2) is 0 Å². The van der Waals surface area contributed by atoms with Gasteiger partial charge in [-0.2, -0.15) is 0 Å². The van der Waals surface area contributed by atoms with E-state index in [0.717, 1.165) is 22.1 Å². The molecule has 0 aliphatic rings. The van der Waals surface area contributed by atoms with Crippen LogP contribution < -0.4 is 0 Å². The van der Waals surface area contributed by atoms with Crippen molar-refractivity contribution in [3.05, 3.63) is 29.3 Å². The maximum Gasteiger partial charge on any atom is 0.0636 e. The zero-order valence-corrected chi connectivity index (χ0v) is 10.7. The molecule has 0 fully saturated rings. The molecule has 1 atom stereocenters. The summed E-state index contributed by atoms with van der Waals surface area (Å²) < 4.78 is 0. The third-order valence-corrected chi connectivity index (χ3v) is 3.41. The summed E-state index contributed by atoms with van der Waals surface area (Å²) in [4.78, 5) is 1.15. The van der Waals surface area contributed by atoms with Crippen LogP contribution in [-0.2, 0) is 0 Å². The van der Waals surface area contributed by atoms with Gasteiger partial charge in [0.2, 0.25) is 0 Å². The number of thioether (sulfide) groups is 1. The van der Waals surface area contributed by atoms with Crippen molar-refractivity contribution in [1.82, 2.24) is 0 Å². The highest BCUT2D eigenvalue weighted by Gasteiger charge is 2.07. The molecule has 3 heteroatoms. The van der Waals surface area contributed by atoms with Gasteiger partial charge in [0, 0.05) is 15.7 Å². The van der Waals surface area contributed by atoms with Gasteiger partial charge in [-0.3, -0.25) is 0 Å². The second-order valence-electron chi connectivity index (χ2n) is 4.05. The second-order valence-corrected chi connectivity index (χ2v) is 5.58. The maximum atomic E-state index is 9.69. The minimum atomic E-state index is -0.217. The number of rotatable bonds is 5. The average molecular weight is 245 g/mol. The van der Waals surface area contributed by atoms with Gasteiger partial charge in [-0.15, -0.1) is 11.8 Å². The fourth-order valence-corrected chi connectivity index (χ4v) is 2.31. The maximum absolute atomic E-state index is 9.69. The lowest BCUT2D eigenvalue weighted by molar-refractivity contribution is 0.172. The van der Waals surface area contributed by atoms with Crippen LogP contribution >= 0.6 is 23.4 Å². The summed E-state index contributed by atoms with van der Waals surface area (Å²) in [7, 11) is 0. The number of aliphatic hydroxyl groups excluding tert-OH is 1. The number of aliphatic hydroxyl groups is 1. The first-order valence-electron chi connectivity index (χ1n) is 5.14. The number of hydrogen-bond donors (Lipinski definition) is 1. The van der Waals surface area contributed by atoms with E-state index in [9.17, 15) is 5.11 Å². The molecule has 0 aromatic heterocycles. The Morgan fingerprint density at radius 1 is 1.27 bits per heavy atom. The highest BCUT2D eigenvalue weighted by atomic mass is 35.5. The van der Waals surface area contributed by atoms with Gasteiger partial charge in [0.1, 0.15) is 0 Å². The van der Waals surface area contributed by atoms with E-state index in [-0.39, 0.29) is 6.10 Å². The van der Waals surface area contributed by atoms with Crippen LogP contribution in [0.15, 0.2) is 29.2 Å². The Balaban J connectivity index is 2.33. The minimum absolute atomic E-state index is 0.217. The first kappa shape index (κ1) is 12.9. The molecular weight excluding hydrogens is 228 g/mol. The van der Waals surface area contributed by atoms with Crippen molar-refractivity contribution in [3.8, 4) is 0 Å². The predicted octanol–water partition coefficient (Wildman–Crippen LogP) is 3.84. The quantitative estimate of drug-likeness (QED) is 0.795. The van der Waals surface area contributed by atoms with Gasteiger partial charge in [-0.05, 0) is 36.6 Å². The Bertz CT molecular complexity index is 284. The van der Waals surface area contributed by atoms with Crippen LogP contribution in [0.5, 0.6) is 0 Å². The van der Waals surface area contributed by atoms with Gasteiger partial charge in [-0.25, -0.2) is 0 Å². The monoisotopic (exact) mass is 244 g/mol. The molecule has 0 heterocycles. The summed E-state index contributed by atoms with van der Waals surface area (Å²) in [5, 5.41) is 10.4. The van der Waals surface area contributed by atoms with Crippen LogP contribution in [0.3, 0.4) is 0 Å². The number of halogens is 1. The Kier molecular flexibility index (Phi) is 5.51. The van der Waals surface area contributed by atoms with Crippen LogP contribution in [0.4, 0.5) is 0 Å². The van der Waals surface area contributed by atoms with Gasteiger partial charge >= 0.3 is 0 Å². The summed E-state index contributed by atoms with van der Waals surface area (Å²) in [6.45, 7) is 4.24. The lowest BCUT2D eigenvalue weighted by atomic mass is 10.1. The minimum Gasteiger partial charge on any atom is -0.392 e. The van der Waals surface area contributed by atoms with Crippen LogP contribution in [0, 0.1) is 5.92 Å². The van der Waals surface area contributed by atoms with Crippen LogP contribution in [-0.4, -0.2) is 17.0 Å². The molecular formula is C12H17ClOS. The second kappa shape index (κ2) is 6.41. The summed E-state index contributed by atoms with van der Waals surface area (Å²) in [6.07, 6.45) is 0.645. The SMILES string of the molecule is CC(C)CC(O)CSc1ccc(Cl)cc1. The van der Waals surface area contributed by atoms with E-state index < -0.39 is 0 Å². The van der Waals surface area contributed by atoms with Gasteiger partial charge < -0.3 is 5.11 Å². The molecule has 0 spiro atoms. The van der Waals surface area contributed by atoms with E-state index in [0.29, 0.717) is 5.92 Å². The molecule has 1 N–H and O–H groups in total. The van der Waals surface area contributed by atoms with Gasteiger partial charge in [0.25, 0.3) is 0 Å². The summed E-state index contributed by atoms with van der Waals surface area (Å²) in [5.41, 5.74) is 0. The van der Waals surface area contributed by atoms with E-state index >= 15 is 0 Å². The van der Waals surface area contributed by atoms with Crippen molar-refractivity contribution in [2.75, 3.05) is 5.75 Å². The Hall–Kier alpha value is -0.180.